The molecule has 2 aromatic carbocycles. The fourth-order valence-corrected chi connectivity index (χ4v) is 8.22. The number of benzene rings is 2. The van der Waals surface area contributed by atoms with E-state index in [1.54, 1.807) is 11.8 Å². The zero-order valence-electron chi connectivity index (χ0n) is 27.3. The zero-order valence-corrected chi connectivity index (χ0v) is 28.1. The number of allylic oxidation sites excluding steroid dienone is 7. The predicted molar refractivity (Wildman–Crippen MR) is 183 cm³/mol. The molecule has 0 amide bonds. The average Bonchev–Trinajstić information content (AvgIpc) is 3.60. The molecule has 44 heavy (non-hydrogen) atoms. The van der Waals surface area contributed by atoms with Crippen LogP contribution in [0.1, 0.15) is 77.8 Å². The summed E-state index contributed by atoms with van der Waals surface area (Å²) in [6.07, 6.45) is 14.8. The summed E-state index contributed by atoms with van der Waals surface area (Å²) < 4.78 is 4.32. The molecular formula is C37H45N6S+. The van der Waals surface area contributed by atoms with E-state index in [-0.39, 0.29) is 10.8 Å². The normalized spacial score (nSPS) is 20.8. The molecule has 0 N–H and O–H groups in total. The van der Waals surface area contributed by atoms with Crippen LogP contribution < -0.4 is 4.90 Å². The first-order valence-corrected chi connectivity index (χ1v) is 16.8. The molecule has 3 aromatic rings. The molecule has 1 aromatic heterocycles. The number of rotatable bonds is 8. The van der Waals surface area contributed by atoms with Gasteiger partial charge in [0.05, 0.1) is 5.41 Å². The number of unbranched alkanes of at least 4 members (excludes halogenated alkanes) is 1. The molecule has 0 fully saturated rings. The van der Waals surface area contributed by atoms with Crippen molar-refractivity contribution >= 4 is 28.8 Å². The highest BCUT2D eigenvalue weighted by Gasteiger charge is 2.42. The van der Waals surface area contributed by atoms with Gasteiger partial charge in [-0.3, -0.25) is 0 Å². The third kappa shape index (κ3) is 5.29. The maximum absolute atomic E-state index is 4.47. The summed E-state index contributed by atoms with van der Waals surface area (Å²) in [7, 11) is 4.38. The van der Waals surface area contributed by atoms with Gasteiger partial charge in [0, 0.05) is 53.0 Å². The molecule has 7 heteroatoms. The number of thioether (sulfide) groups is 1. The summed E-state index contributed by atoms with van der Waals surface area (Å²) >= 11 is 1.73. The number of aromatic nitrogens is 4. The Bertz CT molecular complexity index is 1730. The lowest BCUT2D eigenvalue weighted by Gasteiger charge is -2.25. The minimum Gasteiger partial charge on any atom is -0.347 e. The number of nitrogens with zero attached hydrogens (tertiary/aromatic N) is 6. The highest BCUT2D eigenvalue weighted by atomic mass is 32.2. The molecule has 0 spiro atoms. The number of hydrogen-bond acceptors (Lipinski definition) is 5. The van der Waals surface area contributed by atoms with Crippen molar-refractivity contribution < 1.29 is 4.58 Å². The third-order valence-corrected chi connectivity index (χ3v) is 10.9. The number of aryl methyl sites for hydroxylation is 1. The van der Waals surface area contributed by atoms with E-state index < -0.39 is 0 Å². The van der Waals surface area contributed by atoms with Crippen molar-refractivity contribution in [3.05, 3.63) is 106 Å². The monoisotopic (exact) mass is 605 g/mol. The van der Waals surface area contributed by atoms with Crippen molar-refractivity contribution in [2.45, 2.75) is 89.3 Å². The van der Waals surface area contributed by atoms with E-state index in [9.17, 15) is 0 Å². The predicted octanol–water partition coefficient (Wildman–Crippen LogP) is 8.50. The second-order valence-corrected chi connectivity index (χ2v) is 14.2. The van der Waals surface area contributed by atoms with Crippen molar-refractivity contribution in [2.24, 2.45) is 0 Å². The fourth-order valence-electron chi connectivity index (χ4n) is 7.12. The first-order valence-electron chi connectivity index (χ1n) is 16.0. The molecule has 1 aliphatic carbocycles. The quantitative estimate of drug-likeness (QED) is 0.241. The smallest absolute Gasteiger partial charge is 0.214 e. The van der Waals surface area contributed by atoms with Gasteiger partial charge in [-0.2, -0.15) is 4.58 Å². The van der Waals surface area contributed by atoms with Gasteiger partial charge in [0.1, 0.15) is 7.05 Å². The Morgan fingerprint density at radius 2 is 1.68 bits per heavy atom. The van der Waals surface area contributed by atoms with Crippen molar-refractivity contribution in [3.63, 3.8) is 0 Å². The summed E-state index contributed by atoms with van der Waals surface area (Å²) in [6, 6.07) is 17.5. The topological polar surface area (TPSA) is 49.9 Å². The number of anilines is 1. The molecule has 2 aliphatic heterocycles. The Hall–Kier alpha value is -3.71. The molecule has 0 atom stereocenters. The minimum absolute atomic E-state index is 0.0641. The van der Waals surface area contributed by atoms with Crippen LogP contribution in [0.5, 0.6) is 0 Å². The van der Waals surface area contributed by atoms with Gasteiger partial charge in [0.25, 0.3) is 0 Å². The van der Waals surface area contributed by atoms with Crippen LogP contribution in [0.4, 0.5) is 11.4 Å². The summed E-state index contributed by atoms with van der Waals surface area (Å²) in [4.78, 5) is 3.63. The highest BCUT2D eigenvalue weighted by Crippen LogP contribution is 2.47. The van der Waals surface area contributed by atoms with Gasteiger partial charge >= 0.3 is 0 Å². The van der Waals surface area contributed by atoms with Crippen LogP contribution in [-0.4, -0.2) is 44.6 Å². The maximum Gasteiger partial charge on any atom is 0.214 e. The number of para-hydroxylation sites is 2. The lowest BCUT2D eigenvalue weighted by molar-refractivity contribution is -0.401. The van der Waals surface area contributed by atoms with Gasteiger partial charge in [-0.1, -0.05) is 75.7 Å². The molecule has 0 unspecified atom stereocenters. The van der Waals surface area contributed by atoms with Crippen LogP contribution in [-0.2, 0) is 17.4 Å². The Kier molecular flexibility index (Phi) is 8.27. The van der Waals surface area contributed by atoms with Crippen molar-refractivity contribution in [1.29, 1.82) is 0 Å². The number of tetrazole rings is 1. The summed E-state index contributed by atoms with van der Waals surface area (Å²) in [5.41, 5.74) is 10.5. The summed E-state index contributed by atoms with van der Waals surface area (Å²) in [5.74, 6) is 0. The van der Waals surface area contributed by atoms with Crippen LogP contribution in [0.15, 0.2) is 99.7 Å². The standard InChI is InChI=1S/C37H45N6S/c1-8-9-25-43-35(38-39-40-43)44-34-26(21-23-32-36(2,3)28-17-10-12-19-30(28)41(32)6)15-14-16-27(34)22-24-33-37(4,5)29-18-11-13-20-31(29)42(33)7/h10-13,17-24H,8-9,14-16,25H2,1-7H3/q+1. The third-order valence-electron chi connectivity index (χ3n) is 9.66. The van der Waals surface area contributed by atoms with Crippen LogP contribution >= 0.6 is 11.8 Å². The average molecular weight is 606 g/mol. The molecule has 6 rings (SSSR count). The molecule has 0 radical (unpaired) electrons. The molecule has 3 heterocycles. The Labute approximate surface area is 266 Å². The Morgan fingerprint density at radius 1 is 0.932 bits per heavy atom. The van der Waals surface area contributed by atoms with Crippen molar-refractivity contribution in [2.75, 3.05) is 19.0 Å². The van der Waals surface area contributed by atoms with E-state index in [1.165, 1.54) is 50.0 Å². The van der Waals surface area contributed by atoms with E-state index >= 15 is 0 Å². The van der Waals surface area contributed by atoms with E-state index in [2.05, 4.69) is 147 Å². The molecule has 0 saturated heterocycles. The fraction of sp³-hybridized carbons (Fsp3) is 0.405. The first-order chi connectivity index (χ1) is 21.1. The highest BCUT2D eigenvalue weighted by molar-refractivity contribution is 8.03. The minimum atomic E-state index is -0.0641. The van der Waals surface area contributed by atoms with Crippen LogP contribution in [0.2, 0.25) is 0 Å². The van der Waals surface area contributed by atoms with Crippen LogP contribution in [0.3, 0.4) is 0 Å². The molecule has 6 nitrogen and oxygen atoms in total. The zero-order chi connectivity index (χ0) is 31.1. The second kappa shape index (κ2) is 12.0. The SMILES string of the molecule is CCCCn1nnnc1SC1=C(/C=C/C2=[N+](C)c3ccccc3C2(C)C)CCC/C1=C\C=C1\N(C)c2ccccc2C1(C)C. The first kappa shape index (κ1) is 30.3. The van der Waals surface area contributed by atoms with Gasteiger partial charge in [-0.15, -0.1) is 5.10 Å². The van der Waals surface area contributed by atoms with Gasteiger partial charge in [0.2, 0.25) is 10.8 Å². The molecule has 3 aliphatic rings. The molecule has 0 bridgehead atoms. The van der Waals surface area contributed by atoms with Gasteiger partial charge < -0.3 is 4.90 Å². The lowest BCUT2D eigenvalue weighted by atomic mass is 9.81. The van der Waals surface area contributed by atoms with Crippen molar-refractivity contribution in [3.8, 4) is 0 Å². The summed E-state index contributed by atoms with van der Waals surface area (Å²) in [6.45, 7) is 12.4. The van der Waals surface area contributed by atoms with Gasteiger partial charge in [-0.25, -0.2) is 4.68 Å². The van der Waals surface area contributed by atoms with Crippen LogP contribution in [0, 0.1) is 0 Å². The largest absolute Gasteiger partial charge is 0.347 e. The number of fused-ring (bicyclic) bond motifs is 2. The van der Waals surface area contributed by atoms with Gasteiger partial charge in [0.15, 0.2) is 5.71 Å². The maximum atomic E-state index is 4.47. The van der Waals surface area contributed by atoms with Gasteiger partial charge in [-0.05, 0) is 90.6 Å². The Balaban J connectivity index is 1.42. The molecule has 0 saturated carbocycles. The molecule has 228 valence electrons. The van der Waals surface area contributed by atoms with Crippen molar-refractivity contribution in [1.82, 2.24) is 20.2 Å². The van der Waals surface area contributed by atoms with E-state index in [0.717, 1.165) is 43.8 Å². The van der Waals surface area contributed by atoms with Crippen LogP contribution in [0.25, 0.3) is 0 Å². The number of hydrogen-bond donors (Lipinski definition) is 0. The summed E-state index contributed by atoms with van der Waals surface area (Å²) in [5, 5.41) is 13.7. The van der Waals surface area contributed by atoms with E-state index in [4.69, 9.17) is 0 Å². The van der Waals surface area contributed by atoms with E-state index in [1.807, 2.05) is 4.68 Å². The number of likely N-dealkylation sites (N-methyl/N-ethyl adjacent to an activating group) is 1. The Morgan fingerprint density at radius 3 is 2.43 bits per heavy atom. The second-order valence-electron chi connectivity index (χ2n) is 13.2. The molecular weight excluding hydrogens is 561 g/mol. The van der Waals surface area contributed by atoms with E-state index in [0.29, 0.717) is 0 Å². The lowest BCUT2D eigenvalue weighted by Crippen LogP contribution is -2.26.